The molecular weight excluding hydrogens is 292 g/mol. The SMILES string of the molecule is CC(=O)Cc1ccc(N2CCN(c3cnccc3C)C2=O)cn1. The first kappa shape index (κ1) is 15.1. The molecule has 0 N–H and O–H groups in total. The maximum Gasteiger partial charge on any atom is 0.329 e. The molecule has 118 valence electrons. The van der Waals surface area contributed by atoms with Crippen LogP contribution in [0.2, 0.25) is 0 Å². The Labute approximate surface area is 134 Å². The number of Topliss-reactive ketones (excluding diaryl/α,β-unsaturated/α-hetero) is 1. The van der Waals surface area contributed by atoms with Gasteiger partial charge in [0.15, 0.2) is 0 Å². The highest BCUT2D eigenvalue weighted by molar-refractivity contribution is 6.06. The number of carbonyl (C=O) groups excluding carboxylic acids is 2. The van der Waals surface area contributed by atoms with Gasteiger partial charge < -0.3 is 0 Å². The maximum absolute atomic E-state index is 12.7. The van der Waals surface area contributed by atoms with Crippen molar-refractivity contribution < 1.29 is 9.59 Å². The minimum Gasteiger partial charge on any atom is -0.300 e. The normalized spacial score (nSPS) is 14.4. The molecule has 6 heteroatoms. The van der Waals surface area contributed by atoms with Crippen molar-refractivity contribution in [1.82, 2.24) is 9.97 Å². The number of aromatic nitrogens is 2. The minimum atomic E-state index is -0.0813. The number of hydrogen-bond acceptors (Lipinski definition) is 4. The van der Waals surface area contributed by atoms with Crippen LogP contribution >= 0.6 is 0 Å². The van der Waals surface area contributed by atoms with Crippen molar-refractivity contribution in [1.29, 1.82) is 0 Å². The predicted molar refractivity (Wildman–Crippen MR) is 87.7 cm³/mol. The first-order chi connectivity index (χ1) is 11.1. The molecule has 1 aliphatic heterocycles. The van der Waals surface area contributed by atoms with Crippen molar-refractivity contribution in [3.05, 3.63) is 48.0 Å². The summed E-state index contributed by atoms with van der Waals surface area (Å²) >= 11 is 0. The predicted octanol–water partition coefficient (Wildman–Crippen LogP) is 2.36. The number of ketones is 1. The Morgan fingerprint density at radius 3 is 2.61 bits per heavy atom. The van der Waals surface area contributed by atoms with Crippen molar-refractivity contribution in [2.75, 3.05) is 22.9 Å². The molecule has 1 saturated heterocycles. The van der Waals surface area contributed by atoms with Crippen LogP contribution in [0.25, 0.3) is 0 Å². The number of anilines is 2. The van der Waals surface area contributed by atoms with Gasteiger partial charge in [-0.05, 0) is 37.6 Å². The van der Waals surface area contributed by atoms with E-state index in [-0.39, 0.29) is 11.8 Å². The molecule has 2 aromatic heterocycles. The summed E-state index contributed by atoms with van der Waals surface area (Å²) in [5, 5.41) is 0. The Balaban J connectivity index is 1.79. The zero-order valence-electron chi connectivity index (χ0n) is 13.2. The highest BCUT2D eigenvalue weighted by atomic mass is 16.2. The molecule has 0 aromatic carbocycles. The quantitative estimate of drug-likeness (QED) is 0.869. The molecule has 2 aromatic rings. The maximum atomic E-state index is 12.7. The molecule has 0 atom stereocenters. The largest absolute Gasteiger partial charge is 0.329 e. The molecule has 0 spiro atoms. The van der Waals surface area contributed by atoms with Crippen LogP contribution in [-0.4, -0.2) is 34.9 Å². The van der Waals surface area contributed by atoms with Gasteiger partial charge in [0.2, 0.25) is 0 Å². The first-order valence-electron chi connectivity index (χ1n) is 7.50. The highest BCUT2D eigenvalue weighted by Crippen LogP contribution is 2.26. The summed E-state index contributed by atoms with van der Waals surface area (Å²) in [5.74, 6) is 0.0701. The monoisotopic (exact) mass is 310 g/mol. The molecule has 0 radical (unpaired) electrons. The summed E-state index contributed by atoms with van der Waals surface area (Å²) in [5.41, 5.74) is 3.31. The number of urea groups is 1. The minimum absolute atomic E-state index is 0.0701. The third kappa shape index (κ3) is 3.06. The summed E-state index contributed by atoms with van der Waals surface area (Å²) < 4.78 is 0. The van der Waals surface area contributed by atoms with Crippen LogP contribution in [0.5, 0.6) is 0 Å². The van der Waals surface area contributed by atoms with E-state index in [0.717, 1.165) is 16.9 Å². The Bertz CT molecular complexity index is 743. The molecule has 3 rings (SSSR count). The lowest BCUT2D eigenvalue weighted by atomic mass is 10.2. The van der Waals surface area contributed by atoms with Gasteiger partial charge in [-0.1, -0.05) is 0 Å². The number of pyridine rings is 2. The van der Waals surface area contributed by atoms with Gasteiger partial charge in [0.05, 0.1) is 23.8 Å². The smallest absolute Gasteiger partial charge is 0.300 e. The van der Waals surface area contributed by atoms with E-state index in [1.807, 2.05) is 19.1 Å². The molecule has 0 bridgehead atoms. The summed E-state index contributed by atoms with van der Waals surface area (Å²) in [6.45, 7) is 4.71. The standard InChI is InChI=1S/C17H18N4O2/c1-12-5-6-18-11-16(12)21-8-7-20(17(21)23)15-4-3-14(19-10-15)9-13(2)22/h3-6,10-11H,7-9H2,1-2H3. The summed E-state index contributed by atoms with van der Waals surface area (Å²) in [6, 6.07) is 5.44. The average Bonchev–Trinajstić information content (AvgIpc) is 2.90. The summed E-state index contributed by atoms with van der Waals surface area (Å²) in [7, 11) is 0. The molecule has 2 amide bonds. The molecule has 6 nitrogen and oxygen atoms in total. The topological polar surface area (TPSA) is 66.4 Å². The van der Waals surface area contributed by atoms with Gasteiger partial charge in [-0.3, -0.25) is 24.6 Å². The second kappa shape index (κ2) is 6.16. The van der Waals surface area contributed by atoms with Gasteiger partial charge in [-0.2, -0.15) is 0 Å². The molecule has 1 aliphatic rings. The Morgan fingerprint density at radius 2 is 1.96 bits per heavy atom. The molecule has 0 unspecified atom stereocenters. The number of aryl methyl sites for hydroxylation is 1. The van der Waals surface area contributed by atoms with Gasteiger partial charge in [0.25, 0.3) is 0 Å². The lowest BCUT2D eigenvalue weighted by molar-refractivity contribution is -0.116. The van der Waals surface area contributed by atoms with E-state index >= 15 is 0 Å². The van der Waals surface area contributed by atoms with Crippen molar-refractivity contribution in [3.8, 4) is 0 Å². The van der Waals surface area contributed by atoms with Gasteiger partial charge >= 0.3 is 6.03 Å². The van der Waals surface area contributed by atoms with Gasteiger partial charge in [0, 0.05) is 31.4 Å². The van der Waals surface area contributed by atoms with E-state index < -0.39 is 0 Å². The second-order valence-electron chi connectivity index (χ2n) is 5.63. The van der Waals surface area contributed by atoms with E-state index in [1.165, 1.54) is 6.92 Å². The van der Waals surface area contributed by atoms with Crippen molar-refractivity contribution >= 4 is 23.2 Å². The molecule has 0 saturated carbocycles. The number of nitrogens with zero attached hydrogens (tertiary/aromatic N) is 4. The zero-order valence-corrected chi connectivity index (χ0v) is 13.2. The van der Waals surface area contributed by atoms with Crippen molar-refractivity contribution in [2.24, 2.45) is 0 Å². The van der Waals surface area contributed by atoms with E-state index in [2.05, 4.69) is 9.97 Å². The molecule has 0 aliphatic carbocycles. The van der Waals surface area contributed by atoms with Crippen LogP contribution in [0.1, 0.15) is 18.2 Å². The number of rotatable bonds is 4. The van der Waals surface area contributed by atoms with Crippen LogP contribution < -0.4 is 9.80 Å². The van der Waals surface area contributed by atoms with E-state index in [4.69, 9.17) is 0 Å². The van der Waals surface area contributed by atoms with E-state index in [9.17, 15) is 9.59 Å². The summed E-state index contributed by atoms with van der Waals surface area (Å²) in [6.07, 6.45) is 5.39. The van der Waals surface area contributed by atoms with Crippen LogP contribution in [0.15, 0.2) is 36.8 Å². The number of hydrogen-bond donors (Lipinski definition) is 0. The molecule has 3 heterocycles. The van der Waals surface area contributed by atoms with Crippen LogP contribution in [0.4, 0.5) is 16.2 Å². The second-order valence-corrected chi connectivity index (χ2v) is 5.63. The third-order valence-electron chi connectivity index (χ3n) is 3.86. The number of amides is 2. The van der Waals surface area contributed by atoms with E-state index in [0.29, 0.717) is 25.2 Å². The van der Waals surface area contributed by atoms with Crippen molar-refractivity contribution in [3.63, 3.8) is 0 Å². The Morgan fingerprint density at radius 1 is 1.17 bits per heavy atom. The fourth-order valence-electron chi connectivity index (χ4n) is 2.67. The molecule has 23 heavy (non-hydrogen) atoms. The van der Waals surface area contributed by atoms with Crippen LogP contribution in [-0.2, 0) is 11.2 Å². The molecule has 1 fully saturated rings. The van der Waals surface area contributed by atoms with Gasteiger partial charge in [0.1, 0.15) is 5.78 Å². The number of carbonyl (C=O) groups is 2. The van der Waals surface area contributed by atoms with Crippen LogP contribution in [0.3, 0.4) is 0 Å². The fraction of sp³-hybridized carbons (Fsp3) is 0.294. The summed E-state index contributed by atoms with van der Waals surface area (Å²) in [4.78, 5) is 35.6. The third-order valence-corrected chi connectivity index (χ3v) is 3.86. The first-order valence-corrected chi connectivity index (χ1v) is 7.50. The highest BCUT2D eigenvalue weighted by Gasteiger charge is 2.31. The van der Waals surface area contributed by atoms with Gasteiger partial charge in [-0.15, -0.1) is 0 Å². The Kier molecular flexibility index (Phi) is 4.06. The van der Waals surface area contributed by atoms with Crippen LogP contribution in [0, 0.1) is 6.92 Å². The Hall–Kier alpha value is -2.76. The average molecular weight is 310 g/mol. The lowest BCUT2D eigenvalue weighted by Crippen LogP contribution is -2.32. The molecular formula is C17H18N4O2. The van der Waals surface area contributed by atoms with E-state index in [1.54, 1.807) is 34.5 Å². The van der Waals surface area contributed by atoms with Crippen molar-refractivity contribution in [2.45, 2.75) is 20.3 Å². The lowest BCUT2D eigenvalue weighted by Gasteiger charge is -2.19. The fourth-order valence-corrected chi connectivity index (χ4v) is 2.67. The zero-order chi connectivity index (χ0) is 16.4. The van der Waals surface area contributed by atoms with Gasteiger partial charge in [-0.25, -0.2) is 4.79 Å².